The molecule has 7 heteroatoms. The molecule has 0 radical (unpaired) electrons. The van der Waals surface area contributed by atoms with Crippen LogP contribution in [0.2, 0.25) is 0 Å². The summed E-state index contributed by atoms with van der Waals surface area (Å²) in [4.78, 5) is 19.5. The first kappa shape index (κ1) is 16.5. The van der Waals surface area contributed by atoms with Crippen LogP contribution in [-0.4, -0.2) is 22.1 Å². The number of rotatable bonds is 1. The van der Waals surface area contributed by atoms with Crippen molar-refractivity contribution in [2.75, 3.05) is 5.32 Å². The van der Waals surface area contributed by atoms with Crippen molar-refractivity contribution < 1.29 is 18.0 Å². The quantitative estimate of drug-likeness (QED) is 0.689. The molecule has 0 aliphatic carbocycles. The monoisotopic (exact) mass is 341 g/mol. The van der Waals surface area contributed by atoms with Gasteiger partial charge in [-0.3, -0.25) is 4.79 Å². The molecule has 0 spiro atoms. The third-order valence-electron chi connectivity index (χ3n) is 3.16. The molecule has 124 valence electrons. The van der Waals surface area contributed by atoms with E-state index in [0.717, 1.165) is 0 Å². The molecule has 0 fully saturated rings. The number of carbonyl (C=O) groups excluding carboxylic acids is 1. The molecule has 4 nitrogen and oxygen atoms in total. The summed E-state index contributed by atoms with van der Waals surface area (Å²) >= 11 is 0. The molecule has 0 aliphatic rings. The van der Waals surface area contributed by atoms with E-state index < -0.39 is 12.1 Å². The standard InChI is InChI=1S/C18H10F3N3O/c19-18(20,21)17(25)24-16-15(11-10-12-6-2-1-3-7-12)22-13-8-4-5-9-14(13)23-16/h1-9H,(H,23,24,25). The number of fused-ring (bicyclic) bond motifs is 1. The largest absolute Gasteiger partial charge is 0.471 e. The lowest BCUT2D eigenvalue weighted by Crippen LogP contribution is -2.30. The van der Waals surface area contributed by atoms with Gasteiger partial charge in [0.2, 0.25) is 0 Å². The van der Waals surface area contributed by atoms with Gasteiger partial charge in [-0.15, -0.1) is 0 Å². The molecule has 1 N–H and O–H groups in total. The first-order valence-electron chi connectivity index (χ1n) is 7.15. The summed E-state index contributed by atoms with van der Waals surface area (Å²) in [5, 5.41) is 1.74. The highest BCUT2D eigenvalue weighted by molar-refractivity contribution is 5.95. The van der Waals surface area contributed by atoms with Gasteiger partial charge in [-0.2, -0.15) is 13.2 Å². The highest BCUT2D eigenvalue weighted by Crippen LogP contribution is 2.21. The number of benzene rings is 2. The minimum atomic E-state index is -5.03. The van der Waals surface area contributed by atoms with Crippen LogP contribution in [0.1, 0.15) is 11.3 Å². The van der Waals surface area contributed by atoms with Crippen molar-refractivity contribution in [2.24, 2.45) is 0 Å². The van der Waals surface area contributed by atoms with Crippen molar-refractivity contribution in [3.8, 4) is 11.8 Å². The lowest BCUT2D eigenvalue weighted by Gasteiger charge is -2.09. The second-order valence-electron chi connectivity index (χ2n) is 4.98. The van der Waals surface area contributed by atoms with Crippen LogP contribution in [0.5, 0.6) is 0 Å². The van der Waals surface area contributed by atoms with Gasteiger partial charge < -0.3 is 5.32 Å². The predicted octanol–water partition coefficient (Wildman–Crippen LogP) is 3.53. The molecule has 3 aromatic rings. The number of hydrogen-bond donors (Lipinski definition) is 1. The Morgan fingerprint density at radius 1 is 0.880 bits per heavy atom. The van der Waals surface area contributed by atoms with Gasteiger partial charge in [-0.25, -0.2) is 9.97 Å². The number of nitrogens with one attached hydrogen (secondary N) is 1. The summed E-state index contributed by atoms with van der Waals surface area (Å²) in [7, 11) is 0. The molecule has 2 aromatic carbocycles. The summed E-state index contributed by atoms with van der Waals surface area (Å²) in [6.45, 7) is 0. The van der Waals surface area contributed by atoms with Crippen LogP contribution in [0, 0.1) is 11.8 Å². The fraction of sp³-hybridized carbons (Fsp3) is 0.0556. The number of anilines is 1. The van der Waals surface area contributed by atoms with Crippen molar-refractivity contribution in [1.29, 1.82) is 0 Å². The average Bonchev–Trinajstić information content (AvgIpc) is 2.60. The topological polar surface area (TPSA) is 54.9 Å². The second kappa shape index (κ2) is 6.61. The zero-order valence-corrected chi connectivity index (χ0v) is 12.6. The van der Waals surface area contributed by atoms with Gasteiger partial charge in [0.1, 0.15) is 0 Å². The third-order valence-corrected chi connectivity index (χ3v) is 3.16. The van der Waals surface area contributed by atoms with Crippen LogP contribution in [0.3, 0.4) is 0 Å². The average molecular weight is 341 g/mol. The van der Waals surface area contributed by atoms with Gasteiger partial charge in [-0.1, -0.05) is 36.3 Å². The van der Waals surface area contributed by atoms with Crippen LogP contribution in [0.4, 0.5) is 19.0 Å². The van der Waals surface area contributed by atoms with Crippen LogP contribution >= 0.6 is 0 Å². The third kappa shape index (κ3) is 3.93. The molecule has 0 saturated carbocycles. The van der Waals surface area contributed by atoms with Crippen molar-refractivity contribution in [3.05, 3.63) is 65.9 Å². The van der Waals surface area contributed by atoms with Gasteiger partial charge in [0, 0.05) is 5.56 Å². The van der Waals surface area contributed by atoms with Gasteiger partial charge in [0.05, 0.1) is 11.0 Å². The summed E-state index contributed by atoms with van der Waals surface area (Å²) < 4.78 is 37.6. The molecule has 25 heavy (non-hydrogen) atoms. The molecule has 3 rings (SSSR count). The number of halogens is 3. The number of alkyl halides is 3. The Morgan fingerprint density at radius 3 is 2.12 bits per heavy atom. The number of amides is 1. The Bertz CT molecular complexity index is 989. The lowest BCUT2D eigenvalue weighted by molar-refractivity contribution is -0.167. The molecule has 1 heterocycles. The number of aromatic nitrogens is 2. The molecule has 1 aromatic heterocycles. The Hall–Kier alpha value is -3.40. The summed E-state index contributed by atoms with van der Waals surface area (Å²) in [5.41, 5.74) is 1.43. The van der Waals surface area contributed by atoms with E-state index in [1.54, 1.807) is 53.8 Å². The van der Waals surface area contributed by atoms with Crippen LogP contribution in [-0.2, 0) is 4.79 Å². The summed E-state index contributed by atoms with van der Waals surface area (Å²) in [6, 6.07) is 15.5. The zero-order valence-electron chi connectivity index (χ0n) is 12.6. The van der Waals surface area contributed by atoms with Crippen LogP contribution in [0.15, 0.2) is 54.6 Å². The molecule has 1 amide bonds. The number of nitrogens with zero attached hydrogens (tertiary/aromatic N) is 2. The van der Waals surface area contributed by atoms with E-state index in [1.165, 1.54) is 0 Å². The SMILES string of the molecule is O=C(Nc1nc2ccccc2nc1C#Cc1ccccc1)C(F)(F)F. The van der Waals surface area contributed by atoms with E-state index in [9.17, 15) is 18.0 Å². The first-order chi connectivity index (χ1) is 11.9. The molecule has 0 unspecified atom stereocenters. The van der Waals surface area contributed by atoms with E-state index >= 15 is 0 Å². The van der Waals surface area contributed by atoms with Crippen molar-refractivity contribution in [3.63, 3.8) is 0 Å². The number of para-hydroxylation sites is 2. The van der Waals surface area contributed by atoms with Crippen molar-refractivity contribution >= 4 is 22.8 Å². The summed E-state index contributed by atoms with van der Waals surface area (Å²) in [5.74, 6) is 3.01. The van der Waals surface area contributed by atoms with Crippen LogP contribution < -0.4 is 5.32 Å². The minimum Gasteiger partial charge on any atom is -0.300 e. The van der Waals surface area contributed by atoms with E-state index in [1.807, 2.05) is 6.07 Å². The maximum absolute atomic E-state index is 12.5. The van der Waals surface area contributed by atoms with E-state index in [2.05, 4.69) is 21.8 Å². The Balaban J connectivity index is 2.07. The number of carbonyl (C=O) groups is 1. The number of hydrogen-bond acceptors (Lipinski definition) is 3. The van der Waals surface area contributed by atoms with Gasteiger partial charge in [0.15, 0.2) is 11.5 Å². The predicted molar refractivity (Wildman–Crippen MR) is 86.6 cm³/mol. The molecule has 0 atom stereocenters. The highest BCUT2D eigenvalue weighted by atomic mass is 19.4. The molecule has 0 bridgehead atoms. The Kier molecular flexibility index (Phi) is 4.35. The van der Waals surface area contributed by atoms with Crippen LogP contribution in [0.25, 0.3) is 11.0 Å². The fourth-order valence-corrected chi connectivity index (χ4v) is 2.01. The smallest absolute Gasteiger partial charge is 0.300 e. The molecule has 0 saturated heterocycles. The molecular weight excluding hydrogens is 331 g/mol. The Morgan fingerprint density at radius 2 is 1.48 bits per heavy atom. The molecular formula is C18H10F3N3O. The zero-order chi connectivity index (χ0) is 17.9. The minimum absolute atomic E-state index is 0.0415. The maximum atomic E-state index is 12.5. The van der Waals surface area contributed by atoms with Crippen molar-refractivity contribution in [1.82, 2.24) is 9.97 Å². The highest BCUT2D eigenvalue weighted by Gasteiger charge is 2.39. The Labute approximate surface area is 140 Å². The fourth-order valence-electron chi connectivity index (χ4n) is 2.01. The second-order valence-corrected chi connectivity index (χ2v) is 4.98. The van der Waals surface area contributed by atoms with Gasteiger partial charge in [0.25, 0.3) is 0 Å². The van der Waals surface area contributed by atoms with Gasteiger partial charge in [-0.05, 0) is 30.2 Å². The normalized spacial score (nSPS) is 10.8. The maximum Gasteiger partial charge on any atom is 0.471 e. The van der Waals surface area contributed by atoms with Crippen molar-refractivity contribution in [2.45, 2.75) is 6.18 Å². The first-order valence-corrected chi connectivity index (χ1v) is 7.15. The van der Waals surface area contributed by atoms with E-state index in [4.69, 9.17) is 0 Å². The lowest BCUT2D eigenvalue weighted by atomic mass is 10.2. The van der Waals surface area contributed by atoms with E-state index in [-0.39, 0.29) is 11.5 Å². The summed E-state index contributed by atoms with van der Waals surface area (Å²) in [6.07, 6.45) is -5.03. The molecule has 0 aliphatic heterocycles. The van der Waals surface area contributed by atoms with E-state index in [0.29, 0.717) is 16.6 Å². The van der Waals surface area contributed by atoms with Gasteiger partial charge >= 0.3 is 12.1 Å².